The molecule has 0 radical (unpaired) electrons. The van der Waals surface area contributed by atoms with E-state index in [2.05, 4.69) is 10.2 Å². The third-order valence-corrected chi connectivity index (χ3v) is 5.46. The van der Waals surface area contributed by atoms with E-state index >= 15 is 0 Å². The fourth-order valence-electron chi connectivity index (χ4n) is 3.68. The molecule has 1 aliphatic heterocycles. The molecule has 0 saturated heterocycles. The first kappa shape index (κ1) is 19.4. The van der Waals surface area contributed by atoms with E-state index in [0.717, 1.165) is 11.4 Å². The average Bonchev–Trinajstić information content (AvgIpc) is 3.07. The van der Waals surface area contributed by atoms with Crippen molar-refractivity contribution in [3.8, 4) is 0 Å². The number of aromatic nitrogens is 4. The number of hydrogen-bond donors (Lipinski definition) is 1. The number of benzene rings is 1. The molecule has 0 unspecified atom stereocenters. The SMILES string of the molecule is COn1c[n+](Cc2ccccc2C(F)F)c2c1CN(c1cn[nH]c(=O)c1Cl)CC2. The van der Waals surface area contributed by atoms with E-state index in [1.165, 1.54) is 12.3 Å². The van der Waals surface area contributed by atoms with Crippen LogP contribution in [-0.4, -0.2) is 28.6 Å². The Balaban J connectivity index is 1.68. The van der Waals surface area contributed by atoms with Gasteiger partial charge in [0.2, 0.25) is 5.69 Å². The van der Waals surface area contributed by atoms with Crippen LogP contribution in [0.5, 0.6) is 0 Å². The number of alkyl halides is 2. The molecule has 3 heterocycles. The van der Waals surface area contributed by atoms with Crippen LogP contribution in [0.25, 0.3) is 0 Å². The second-order valence-electron chi connectivity index (χ2n) is 6.71. The van der Waals surface area contributed by atoms with Gasteiger partial charge in [0.15, 0.2) is 5.69 Å². The molecule has 4 rings (SSSR count). The van der Waals surface area contributed by atoms with E-state index in [4.69, 9.17) is 16.4 Å². The van der Waals surface area contributed by atoms with Gasteiger partial charge in [0.1, 0.15) is 18.7 Å². The standard InChI is InChI=1S/C19H18ClF2N5O2/c1-29-27-11-26(9-12-4-2-3-5-13(12)18(21)22)14-6-7-25(10-16(14)27)15-8-23-24-19(28)17(15)20/h2-5,8,11,18H,6-7,9-10H2,1H3/p+1. The number of rotatable bonds is 5. The highest BCUT2D eigenvalue weighted by molar-refractivity contribution is 6.32. The van der Waals surface area contributed by atoms with Crippen molar-refractivity contribution in [2.75, 3.05) is 18.6 Å². The summed E-state index contributed by atoms with van der Waals surface area (Å²) in [5.74, 6) is 0. The zero-order valence-corrected chi connectivity index (χ0v) is 16.4. The molecule has 0 spiro atoms. The molecule has 0 fully saturated rings. The molecule has 10 heteroatoms. The lowest BCUT2D eigenvalue weighted by molar-refractivity contribution is -0.696. The highest BCUT2D eigenvalue weighted by Crippen LogP contribution is 2.27. The van der Waals surface area contributed by atoms with Crippen molar-refractivity contribution in [1.29, 1.82) is 0 Å². The van der Waals surface area contributed by atoms with Gasteiger partial charge in [-0.3, -0.25) is 4.79 Å². The minimum Gasteiger partial charge on any atom is -0.360 e. The first-order valence-electron chi connectivity index (χ1n) is 9.00. The normalized spacial score (nSPS) is 13.6. The molecule has 1 N–H and O–H groups in total. The monoisotopic (exact) mass is 422 g/mol. The van der Waals surface area contributed by atoms with Crippen molar-refractivity contribution < 1.29 is 18.2 Å². The molecule has 2 aromatic heterocycles. The first-order chi connectivity index (χ1) is 14.0. The Labute approximate surface area is 170 Å². The Hall–Kier alpha value is -2.94. The molecule has 1 aliphatic rings. The molecule has 0 amide bonds. The lowest BCUT2D eigenvalue weighted by atomic mass is 10.1. The lowest BCUT2D eigenvalue weighted by Crippen LogP contribution is -2.42. The summed E-state index contributed by atoms with van der Waals surface area (Å²) in [6.45, 7) is 1.35. The molecule has 0 bridgehead atoms. The lowest BCUT2D eigenvalue weighted by Gasteiger charge is -2.27. The van der Waals surface area contributed by atoms with Gasteiger partial charge in [-0.15, -0.1) is 0 Å². The molecule has 7 nitrogen and oxygen atoms in total. The number of imidazole rings is 1. The topological polar surface area (TPSA) is 67.0 Å². The maximum atomic E-state index is 13.4. The van der Waals surface area contributed by atoms with E-state index in [1.54, 1.807) is 36.4 Å². The van der Waals surface area contributed by atoms with Crippen LogP contribution in [0.15, 0.2) is 41.6 Å². The van der Waals surface area contributed by atoms with Crippen LogP contribution in [-0.2, 0) is 19.5 Å². The quantitative estimate of drug-likeness (QED) is 0.640. The van der Waals surface area contributed by atoms with Crippen LogP contribution in [0.2, 0.25) is 5.02 Å². The van der Waals surface area contributed by atoms with Crippen molar-refractivity contribution in [3.05, 3.63) is 74.7 Å². The maximum Gasteiger partial charge on any atom is 0.285 e. The number of fused-ring (bicyclic) bond motifs is 1. The molecular weight excluding hydrogens is 404 g/mol. The molecule has 0 saturated carbocycles. The molecule has 3 aromatic rings. The predicted molar refractivity (Wildman–Crippen MR) is 102 cm³/mol. The summed E-state index contributed by atoms with van der Waals surface area (Å²) in [5.41, 5.74) is 2.53. The van der Waals surface area contributed by atoms with E-state index < -0.39 is 12.0 Å². The molecule has 0 aliphatic carbocycles. The number of halogens is 3. The highest BCUT2D eigenvalue weighted by atomic mass is 35.5. The Kier molecular flexibility index (Phi) is 5.23. The number of nitrogens with one attached hydrogen (secondary N) is 1. The fourth-order valence-corrected chi connectivity index (χ4v) is 3.89. The van der Waals surface area contributed by atoms with Gasteiger partial charge in [-0.1, -0.05) is 35.9 Å². The van der Waals surface area contributed by atoms with Gasteiger partial charge in [0.25, 0.3) is 18.3 Å². The predicted octanol–water partition coefficient (Wildman–Crippen LogP) is 2.12. The van der Waals surface area contributed by atoms with Crippen LogP contribution in [0.1, 0.15) is 28.9 Å². The Morgan fingerprint density at radius 3 is 2.93 bits per heavy atom. The third kappa shape index (κ3) is 3.57. The number of H-pyrrole nitrogens is 1. The van der Waals surface area contributed by atoms with Crippen molar-refractivity contribution in [3.63, 3.8) is 0 Å². The van der Waals surface area contributed by atoms with Gasteiger partial charge in [-0.05, 0) is 4.73 Å². The van der Waals surface area contributed by atoms with Crippen molar-refractivity contribution in [1.82, 2.24) is 14.9 Å². The van der Waals surface area contributed by atoms with E-state index in [-0.39, 0.29) is 10.6 Å². The average molecular weight is 423 g/mol. The molecule has 152 valence electrons. The van der Waals surface area contributed by atoms with Crippen molar-refractivity contribution in [2.24, 2.45) is 0 Å². The second kappa shape index (κ2) is 7.82. The zero-order valence-electron chi connectivity index (χ0n) is 15.6. The summed E-state index contributed by atoms with van der Waals surface area (Å²) in [5, 5.41) is 6.22. The summed E-state index contributed by atoms with van der Waals surface area (Å²) in [7, 11) is 1.54. The Bertz CT molecular complexity index is 1100. The third-order valence-electron chi connectivity index (χ3n) is 5.09. The number of anilines is 1. The maximum absolute atomic E-state index is 13.4. The van der Waals surface area contributed by atoms with E-state index in [1.807, 2.05) is 9.47 Å². The molecule has 29 heavy (non-hydrogen) atoms. The number of nitrogens with zero attached hydrogens (tertiary/aromatic N) is 4. The number of hydrogen-bond acceptors (Lipinski definition) is 4. The largest absolute Gasteiger partial charge is 0.360 e. The van der Waals surface area contributed by atoms with Gasteiger partial charge >= 0.3 is 0 Å². The highest BCUT2D eigenvalue weighted by Gasteiger charge is 2.32. The summed E-state index contributed by atoms with van der Waals surface area (Å²) in [6, 6.07) is 6.53. The number of aromatic amines is 1. The second-order valence-corrected chi connectivity index (χ2v) is 7.09. The van der Waals surface area contributed by atoms with E-state index in [0.29, 0.717) is 37.3 Å². The smallest absolute Gasteiger partial charge is 0.285 e. The van der Waals surface area contributed by atoms with Crippen LogP contribution >= 0.6 is 11.6 Å². The van der Waals surface area contributed by atoms with Gasteiger partial charge in [-0.2, -0.15) is 5.10 Å². The van der Waals surface area contributed by atoms with Crippen molar-refractivity contribution >= 4 is 17.3 Å². The summed E-state index contributed by atoms with van der Waals surface area (Å²) < 4.78 is 30.3. The Morgan fingerprint density at radius 2 is 2.17 bits per heavy atom. The van der Waals surface area contributed by atoms with Crippen LogP contribution in [0, 0.1) is 0 Å². The van der Waals surface area contributed by atoms with Crippen LogP contribution in [0.3, 0.4) is 0 Å². The molecule has 1 aromatic carbocycles. The van der Waals surface area contributed by atoms with Gasteiger partial charge in [0, 0.05) is 24.1 Å². The van der Waals surface area contributed by atoms with Gasteiger partial charge in [-0.25, -0.2) is 18.4 Å². The summed E-state index contributed by atoms with van der Waals surface area (Å²) in [6.07, 6.45) is 1.37. The Morgan fingerprint density at radius 1 is 1.38 bits per heavy atom. The van der Waals surface area contributed by atoms with Crippen LogP contribution in [0.4, 0.5) is 14.5 Å². The van der Waals surface area contributed by atoms with E-state index in [9.17, 15) is 13.6 Å². The zero-order chi connectivity index (χ0) is 20.5. The molecule has 0 atom stereocenters. The minimum atomic E-state index is -2.53. The minimum absolute atomic E-state index is 0.0257. The van der Waals surface area contributed by atoms with Gasteiger partial charge < -0.3 is 9.74 Å². The van der Waals surface area contributed by atoms with Crippen molar-refractivity contribution in [2.45, 2.75) is 25.9 Å². The van der Waals surface area contributed by atoms with Crippen LogP contribution < -0.4 is 19.9 Å². The first-order valence-corrected chi connectivity index (χ1v) is 9.38. The van der Waals surface area contributed by atoms with Gasteiger partial charge in [0.05, 0.1) is 18.4 Å². The summed E-state index contributed by atoms with van der Waals surface area (Å²) in [4.78, 5) is 19.2. The summed E-state index contributed by atoms with van der Waals surface area (Å²) >= 11 is 6.15. The fraction of sp³-hybridized carbons (Fsp3) is 0.316. The molecular formula is C19H19ClF2N5O2+.